The van der Waals surface area contributed by atoms with E-state index in [0.717, 1.165) is 11.3 Å². The van der Waals surface area contributed by atoms with Gasteiger partial charge in [-0.3, -0.25) is 4.79 Å². The van der Waals surface area contributed by atoms with Crippen molar-refractivity contribution in [2.75, 3.05) is 0 Å². The van der Waals surface area contributed by atoms with Crippen LogP contribution in [0.1, 0.15) is 21.7 Å². The van der Waals surface area contributed by atoms with Gasteiger partial charge in [-0.1, -0.05) is 0 Å². The quantitative estimate of drug-likeness (QED) is 0.634. The number of primary amides is 1. The predicted octanol–water partition coefficient (Wildman–Crippen LogP) is 0.741. The third kappa shape index (κ3) is 1.13. The van der Waals surface area contributed by atoms with Crippen molar-refractivity contribution in [3.63, 3.8) is 0 Å². The molecule has 3 nitrogen and oxygen atoms in total. The van der Waals surface area contributed by atoms with Gasteiger partial charge in [0.1, 0.15) is 5.69 Å². The molecule has 0 atom stereocenters. The van der Waals surface area contributed by atoms with E-state index in [1.54, 1.807) is 10.6 Å². The summed E-state index contributed by atoms with van der Waals surface area (Å²) < 4.78 is 1.80. The van der Waals surface area contributed by atoms with Crippen LogP contribution < -0.4 is 5.73 Å². The molecule has 0 aliphatic carbocycles. The Balaban J connectivity index is 3.29. The molecule has 3 heteroatoms. The number of aryl methyl sites for hydroxylation is 1. The van der Waals surface area contributed by atoms with Crippen molar-refractivity contribution in [3.8, 4) is 0 Å². The molecule has 0 bridgehead atoms. The summed E-state index contributed by atoms with van der Waals surface area (Å²) in [6.45, 7) is 3.92. The largest absolute Gasteiger partial charge is 0.364 e. The molecule has 0 saturated carbocycles. The molecule has 0 aliphatic heterocycles. The molecule has 0 saturated heterocycles. The molecule has 1 amide bonds. The first-order valence-corrected chi connectivity index (χ1v) is 3.46. The van der Waals surface area contributed by atoms with Gasteiger partial charge in [-0.05, 0) is 25.5 Å². The second-order valence-electron chi connectivity index (χ2n) is 2.72. The van der Waals surface area contributed by atoms with Crippen LogP contribution in [-0.4, -0.2) is 10.5 Å². The molecular weight excluding hydrogens is 140 g/mol. The van der Waals surface area contributed by atoms with Crippen LogP contribution in [0.15, 0.2) is 6.07 Å². The lowest BCUT2D eigenvalue weighted by atomic mass is 10.3. The Bertz CT molecular complexity index is 299. The van der Waals surface area contributed by atoms with Crippen molar-refractivity contribution in [3.05, 3.63) is 23.0 Å². The van der Waals surface area contributed by atoms with Gasteiger partial charge in [0.25, 0.3) is 5.91 Å². The van der Waals surface area contributed by atoms with E-state index in [-0.39, 0.29) is 5.91 Å². The summed E-state index contributed by atoms with van der Waals surface area (Å²) in [6, 6.07) is 1.80. The van der Waals surface area contributed by atoms with E-state index in [0.29, 0.717) is 5.69 Å². The molecule has 60 valence electrons. The summed E-state index contributed by atoms with van der Waals surface area (Å²) in [5.41, 5.74) is 7.89. The highest BCUT2D eigenvalue weighted by atomic mass is 16.1. The zero-order valence-corrected chi connectivity index (χ0v) is 7.01. The number of amides is 1. The first-order chi connectivity index (χ1) is 5.04. The van der Waals surface area contributed by atoms with Crippen LogP contribution in [-0.2, 0) is 7.05 Å². The lowest BCUT2D eigenvalue weighted by Gasteiger charge is -1.99. The summed E-state index contributed by atoms with van der Waals surface area (Å²) in [7, 11) is 1.84. The number of hydrogen-bond acceptors (Lipinski definition) is 1. The number of nitrogens with two attached hydrogens (primary N) is 1. The van der Waals surface area contributed by atoms with Crippen LogP contribution in [0.4, 0.5) is 0 Å². The Morgan fingerprint density at radius 3 is 2.27 bits per heavy atom. The van der Waals surface area contributed by atoms with Crippen LogP contribution in [0.5, 0.6) is 0 Å². The normalized spacial score (nSPS) is 10.1. The molecule has 1 aromatic heterocycles. The Labute approximate surface area is 65.8 Å². The molecule has 0 fully saturated rings. The van der Waals surface area contributed by atoms with Gasteiger partial charge in [0.05, 0.1) is 0 Å². The van der Waals surface area contributed by atoms with Gasteiger partial charge in [-0.2, -0.15) is 0 Å². The average Bonchev–Trinajstić information content (AvgIpc) is 2.17. The van der Waals surface area contributed by atoms with E-state index in [4.69, 9.17) is 5.73 Å². The molecule has 0 spiro atoms. The Morgan fingerprint density at radius 1 is 1.55 bits per heavy atom. The zero-order valence-electron chi connectivity index (χ0n) is 7.01. The number of carbonyl (C=O) groups excluding carboxylic acids is 1. The van der Waals surface area contributed by atoms with Crippen molar-refractivity contribution in [2.45, 2.75) is 13.8 Å². The van der Waals surface area contributed by atoms with Crippen molar-refractivity contribution >= 4 is 5.91 Å². The fourth-order valence-corrected chi connectivity index (χ4v) is 1.09. The van der Waals surface area contributed by atoms with Crippen molar-refractivity contribution in [1.82, 2.24) is 4.57 Å². The number of carbonyl (C=O) groups is 1. The Morgan fingerprint density at radius 2 is 2.09 bits per heavy atom. The van der Waals surface area contributed by atoms with Crippen molar-refractivity contribution in [1.29, 1.82) is 0 Å². The number of hydrogen-bond donors (Lipinski definition) is 1. The molecule has 1 heterocycles. The summed E-state index contributed by atoms with van der Waals surface area (Å²) in [6.07, 6.45) is 0. The van der Waals surface area contributed by atoms with E-state index in [2.05, 4.69) is 0 Å². The van der Waals surface area contributed by atoms with Crippen LogP contribution >= 0.6 is 0 Å². The SMILES string of the molecule is Cc1cc(C(N)=O)n(C)c1C. The lowest BCUT2D eigenvalue weighted by Crippen LogP contribution is -2.15. The molecule has 11 heavy (non-hydrogen) atoms. The van der Waals surface area contributed by atoms with Gasteiger partial charge in [-0.15, -0.1) is 0 Å². The summed E-state index contributed by atoms with van der Waals surface area (Å²) in [5.74, 6) is -0.372. The predicted molar refractivity (Wildman–Crippen MR) is 43.4 cm³/mol. The second kappa shape index (κ2) is 2.42. The first-order valence-electron chi connectivity index (χ1n) is 3.46. The molecule has 0 aromatic carbocycles. The minimum atomic E-state index is -0.372. The third-order valence-electron chi connectivity index (χ3n) is 2.04. The molecule has 1 rings (SSSR count). The Kier molecular flexibility index (Phi) is 1.72. The number of rotatable bonds is 1. The van der Waals surface area contributed by atoms with E-state index in [9.17, 15) is 4.79 Å². The van der Waals surface area contributed by atoms with E-state index in [1.165, 1.54) is 0 Å². The highest BCUT2D eigenvalue weighted by Crippen LogP contribution is 2.11. The molecule has 0 unspecified atom stereocenters. The molecule has 2 N–H and O–H groups in total. The summed E-state index contributed by atoms with van der Waals surface area (Å²) in [4.78, 5) is 10.8. The van der Waals surface area contributed by atoms with Gasteiger partial charge >= 0.3 is 0 Å². The minimum Gasteiger partial charge on any atom is -0.364 e. The number of nitrogens with zero attached hydrogens (tertiary/aromatic N) is 1. The number of aromatic nitrogens is 1. The highest BCUT2D eigenvalue weighted by molar-refractivity contribution is 5.91. The van der Waals surface area contributed by atoms with Crippen LogP contribution in [0.3, 0.4) is 0 Å². The van der Waals surface area contributed by atoms with Gasteiger partial charge in [0.2, 0.25) is 0 Å². The zero-order chi connectivity index (χ0) is 8.59. The maximum absolute atomic E-state index is 10.8. The third-order valence-corrected chi connectivity index (χ3v) is 2.04. The lowest BCUT2D eigenvalue weighted by molar-refractivity contribution is 0.0992. The van der Waals surface area contributed by atoms with E-state index in [1.807, 2.05) is 20.9 Å². The van der Waals surface area contributed by atoms with Crippen molar-refractivity contribution < 1.29 is 4.79 Å². The molecule has 0 aliphatic rings. The standard InChI is InChI=1S/C8H12N2O/c1-5-4-7(8(9)11)10(3)6(5)2/h4H,1-3H3,(H2,9,11). The fraction of sp³-hybridized carbons (Fsp3) is 0.375. The van der Waals surface area contributed by atoms with E-state index < -0.39 is 0 Å². The van der Waals surface area contributed by atoms with E-state index >= 15 is 0 Å². The monoisotopic (exact) mass is 152 g/mol. The average molecular weight is 152 g/mol. The maximum Gasteiger partial charge on any atom is 0.265 e. The molecule has 0 radical (unpaired) electrons. The van der Waals surface area contributed by atoms with Crippen molar-refractivity contribution in [2.24, 2.45) is 12.8 Å². The molecule has 1 aromatic rings. The Hall–Kier alpha value is -1.25. The fourth-order valence-electron chi connectivity index (χ4n) is 1.09. The minimum absolute atomic E-state index is 0.372. The topological polar surface area (TPSA) is 48.0 Å². The molecular formula is C8H12N2O. The van der Waals surface area contributed by atoms with Crippen LogP contribution in [0, 0.1) is 13.8 Å². The summed E-state index contributed by atoms with van der Waals surface area (Å²) in [5, 5.41) is 0. The van der Waals surface area contributed by atoms with Crippen LogP contribution in [0.25, 0.3) is 0 Å². The van der Waals surface area contributed by atoms with Gasteiger partial charge in [0.15, 0.2) is 0 Å². The smallest absolute Gasteiger partial charge is 0.265 e. The van der Waals surface area contributed by atoms with Gasteiger partial charge in [0, 0.05) is 12.7 Å². The van der Waals surface area contributed by atoms with Gasteiger partial charge < -0.3 is 10.3 Å². The first kappa shape index (κ1) is 7.85. The maximum atomic E-state index is 10.8. The highest BCUT2D eigenvalue weighted by Gasteiger charge is 2.08. The van der Waals surface area contributed by atoms with Crippen LogP contribution in [0.2, 0.25) is 0 Å². The summed E-state index contributed by atoms with van der Waals surface area (Å²) >= 11 is 0. The second-order valence-corrected chi connectivity index (χ2v) is 2.72. The van der Waals surface area contributed by atoms with Gasteiger partial charge in [-0.25, -0.2) is 0 Å².